The maximum atomic E-state index is 10.1. The molecular formula is CH5Cl2O3PS. The summed E-state index contributed by atoms with van der Waals surface area (Å²) in [7, 11) is 7.46. The minimum atomic E-state index is -4.24. The van der Waals surface area contributed by atoms with E-state index in [4.69, 9.17) is 31.2 Å². The van der Waals surface area contributed by atoms with Crippen molar-refractivity contribution in [1.29, 1.82) is 0 Å². The molecule has 2 N–H and O–H groups in total. The molecular weight excluding hydrogens is 194 g/mol. The Hall–Kier alpha value is 1.08. The molecule has 0 spiro atoms. The summed E-state index contributed by atoms with van der Waals surface area (Å²) in [5.74, 6) is 0. The Morgan fingerprint density at radius 1 is 1.50 bits per heavy atom. The van der Waals surface area contributed by atoms with E-state index in [0.29, 0.717) is 0 Å². The molecule has 0 heterocycles. The molecule has 0 aliphatic carbocycles. The maximum Gasteiger partial charge on any atom is 0.392 e. The molecule has 0 aliphatic rings. The molecule has 0 aromatic rings. The van der Waals surface area contributed by atoms with Crippen molar-refractivity contribution in [2.45, 2.75) is 0 Å². The Bertz CT molecular complexity index is 124. The second kappa shape index (κ2) is 2.37. The van der Waals surface area contributed by atoms with Crippen molar-refractivity contribution >= 4 is 36.2 Å². The summed E-state index contributed by atoms with van der Waals surface area (Å²) in [5.41, 5.74) is 0. The van der Waals surface area contributed by atoms with Crippen molar-refractivity contribution in [1.82, 2.24) is 0 Å². The average molecular weight is 199 g/mol. The van der Waals surface area contributed by atoms with Crippen molar-refractivity contribution in [3.8, 4) is 0 Å². The van der Waals surface area contributed by atoms with Gasteiger partial charge in [-0.05, 0) is 21.4 Å². The van der Waals surface area contributed by atoms with Gasteiger partial charge in [0.15, 0.2) is 0 Å². The lowest BCUT2D eigenvalue weighted by atomic mass is 12.0. The van der Waals surface area contributed by atoms with Gasteiger partial charge in [-0.1, -0.05) is 0 Å². The van der Waals surface area contributed by atoms with Gasteiger partial charge < -0.3 is 9.79 Å². The third kappa shape index (κ3) is 2.58. The first kappa shape index (κ1) is 9.08. The lowest BCUT2D eigenvalue weighted by molar-refractivity contribution is 0.396. The highest BCUT2D eigenvalue weighted by Crippen LogP contribution is 2.81. The molecule has 0 bridgehead atoms. The molecule has 0 saturated carbocycles. The molecule has 0 amide bonds. The second-order valence-electron chi connectivity index (χ2n) is 1.18. The summed E-state index contributed by atoms with van der Waals surface area (Å²) in [6.45, 7) is -4.24. The fourth-order valence-electron chi connectivity index (χ4n) is 0. The standard InChI is InChI=1S/CH5Cl2O3PS/c1-8(2,3)7(4,5)6/h1H3,(H2,4,5,6). The smallest absolute Gasteiger partial charge is 0.316 e. The van der Waals surface area contributed by atoms with E-state index in [1.165, 1.54) is 0 Å². The van der Waals surface area contributed by atoms with Gasteiger partial charge in [0.1, 0.15) is 0 Å². The van der Waals surface area contributed by atoms with Crippen LogP contribution in [0.5, 0.6) is 0 Å². The minimum Gasteiger partial charge on any atom is -0.316 e. The zero-order chi connectivity index (χ0) is 7.00. The van der Waals surface area contributed by atoms with E-state index in [2.05, 4.69) is 0 Å². The van der Waals surface area contributed by atoms with Crippen molar-refractivity contribution < 1.29 is 14.4 Å². The van der Waals surface area contributed by atoms with Gasteiger partial charge in [-0.25, -0.2) is 4.57 Å². The SMILES string of the molecule is CS(Cl)(Cl)P(=O)(O)O. The highest BCUT2D eigenvalue weighted by molar-refractivity contribution is 8.97. The highest BCUT2D eigenvalue weighted by Gasteiger charge is 2.32. The van der Waals surface area contributed by atoms with Gasteiger partial charge in [0.2, 0.25) is 0 Å². The number of halogens is 2. The summed E-state index contributed by atoms with van der Waals surface area (Å²) in [5, 5.41) is 0. The molecule has 3 nitrogen and oxygen atoms in total. The van der Waals surface area contributed by atoms with Crippen LogP contribution in [0.15, 0.2) is 0 Å². The molecule has 0 saturated heterocycles. The van der Waals surface area contributed by atoms with Gasteiger partial charge in [0.05, 0.1) is 0 Å². The Morgan fingerprint density at radius 2 is 1.62 bits per heavy atom. The first-order valence-corrected chi connectivity index (χ1v) is 7.39. The van der Waals surface area contributed by atoms with E-state index < -0.39 is 14.9 Å². The molecule has 0 aliphatic heterocycles. The normalized spacial score (nSPS) is 16.1. The molecule has 8 heavy (non-hydrogen) atoms. The average Bonchev–Trinajstić information content (AvgIpc) is 1.25. The third-order valence-electron chi connectivity index (χ3n) is 0.418. The van der Waals surface area contributed by atoms with Crippen molar-refractivity contribution in [2.24, 2.45) is 0 Å². The Labute approximate surface area is 57.2 Å². The number of hydrogen-bond acceptors (Lipinski definition) is 1. The molecule has 0 atom stereocenters. The first-order valence-electron chi connectivity index (χ1n) is 1.48. The lowest BCUT2D eigenvalue weighted by Crippen LogP contribution is -1.78. The summed E-state index contributed by atoms with van der Waals surface area (Å²) >= 11 is 0. The molecule has 0 aromatic carbocycles. The van der Waals surface area contributed by atoms with Crippen LogP contribution in [-0.4, -0.2) is 16.0 Å². The van der Waals surface area contributed by atoms with Gasteiger partial charge in [-0.15, -0.1) is 0 Å². The lowest BCUT2D eigenvalue weighted by Gasteiger charge is -2.18. The van der Waals surface area contributed by atoms with Crippen molar-refractivity contribution in [3.63, 3.8) is 0 Å². The number of hydrogen-bond donors (Lipinski definition) is 2. The van der Waals surface area contributed by atoms with Gasteiger partial charge in [-0.2, -0.15) is 0 Å². The van der Waals surface area contributed by atoms with E-state index in [-0.39, 0.29) is 0 Å². The van der Waals surface area contributed by atoms with E-state index in [9.17, 15) is 4.57 Å². The predicted octanol–water partition coefficient (Wildman–Crippen LogP) is 1.82. The van der Waals surface area contributed by atoms with Gasteiger partial charge in [-0.3, -0.25) is 0 Å². The molecule has 0 fully saturated rings. The van der Waals surface area contributed by atoms with E-state index in [1.807, 2.05) is 0 Å². The fourth-order valence-corrected chi connectivity index (χ4v) is 0. The molecule has 0 radical (unpaired) electrons. The molecule has 52 valence electrons. The van der Waals surface area contributed by atoms with Crippen LogP contribution >= 0.6 is 36.2 Å². The van der Waals surface area contributed by atoms with Crippen molar-refractivity contribution in [3.05, 3.63) is 0 Å². The van der Waals surface area contributed by atoms with Crippen LogP contribution in [0, 0.1) is 0 Å². The van der Waals surface area contributed by atoms with Crippen LogP contribution < -0.4 is 0 Å². The minimum absolute atomic E-state index is 1.12. The zero-order valence-corrected chi connectivity index (χ0v) is 7.14. The quantitative estimate of drug-likeness (QED) is 0.633. The predicted molar refractivity (Wildman–Crippen MR) is 37.3 cm³/mol. The van der Waals surface area contributed by atoms with Crippen LogP contribution in [-0.2, 0) is 4.57 Å². The zero-order valence-electron chi connectivity index (χ0n) is 3.91. The summed E-state index contributed by atoms with van der Waals surface area (Å²) in [6.07, 6.45) is 1.12. The van der Waals surface area contributed by atoms with Crippen LogP contribution in [0.3, 0.4) is 0 Å². The fraction of sp³-hybridized carbons (Fsp3) is 1.00. The molecule has 0 rings (SSSR count). The van der Waals surface area contributed by atoms with Gasteiger partial charge >= 0.3 is 6.80 Å². The third-order valence-corrected chi connectivity index (χ3v) is 6.99. The summed E-state index contributed by atoms with van der Waals surface area (Å²) in [6, 6.07) is 0. The van der Waals surface area contributed by atoms with E-state index in [0.717, 1.165) is 6.26 Å². The monoisotopic (exact) mass is 198 g/mol. The summed E-state index contributed by atoms with van der Waals surface area (Å²) < 4.78 is 10.1. The van der Waals surface area contributed by atoms with Crippen molar-refractivity contribution in [2.75, 3.05) is 6.26 Å². The second-order valence-corrected chi connectivity index (χ2v) is 12.6. The highest BCUT2D eigenvalue weighted by atomic mass is 36.0. The van der Waals surface area contributed by atoms with E-state index in [1.54, 1.807) is 0 Å². The molecule has 0 unspecified atom stereocenters. The molecule has 0 aromatic heterocycles. The maximum absolute atomic E-state index is 10.1. The van der Waals surface area contributed by atoms with Crippen LogP contribution in [0.4, 0.5) is 0 Å². The van der Waals surface area contributed by atoms with E-state index >= 15 is 0 Å². The van der Waals surface area contributed by atoms with Crippen LogP contribution in [0.2, 0.25) is 0 Å². The Balaban J connectivity index is 4.26. The van der Waals surface area contributed by atoms with Gasteiger partial charge in [0.25, 0.3) is 0 Å². The topological polar surface area (TPSA) is 57.5 Å². The van der Waals surface area contributed by atoms with Gasteiger partial charge in [0, 0.05) is 14.3 Å². The Morgan fingerprint density at radius 3 is 1.62 bits per heavy atom. The van der Waals surface area contributed by atoms with Crippen LogP contribution in [0.25, 0.3) is 0 Å². The first-order chi connectivity index (χ1) is 3.25. The largest absolute Gasteiger partial charge is 0.392 e. The Kier molecular flexibility index (Phi) is 2.69. The number of rotatable bonds is 1. The van der Waals surface area contributed by atoms with Crippen LogP contribution in [0.1, 0.15) is 0 Å². The summed E-state index contributed by atoms with van der Waals surface area (Å²) in [4.78, 5) is 16.5. The molecule has 7 heteroatoms.